The first-order chi connectivity index (χ1) is 6.07. The van der Waals surface area contributed by atoms with Crippen LogP contribution in [0.25, 0.3) is 0 Å². The first kappa shape index (κ1) is 9.95. The van der Waals surface area contributed by atoms with Crippen LogP contribution in [-0.4, -0.2) is 4.92 Å². The molecule has 0 atom stereocenters. The van der Waals surface area contributed by atoms with Crippen LogP contribution in [0, 0.1) is 17.0 Å². The third-order valence-corrected chi connectivity index (χ3v) is 2.26. The molecule has 0 saturated heterocycles. The van der Waals surface area contributed by atoms with Crippen molar-refractivity contribution in [3.8, 4) is 0 Å². The van der Waals surface area contributed by atoms with Gasteiger partial charge in [0.25, 0.3) is 5.69 Å². The summed E-state index contributed by atoms with van der Waals surface area (Å²) in [6.07, 6.45) is 0. The largest absolute Gasteiger partial charge is 0.326 e. The molecule has 0 spiro atoms. The molecule has 0 fully saturated rings. The fourth-order valence-electron chi connectivity index (χ4n) is 1.15. The minimum atomic E-state index is -0.455. The van der Waals surface area contributed by atoms with E-state index in [4.69, 9.17) is 17.3 Å². The number of nitro groups is 1. The molecule has 0 amide bonds. The number of benzene rings is 1. The van der Waals surface area contributed by atoms with Crippen molar-refractivity contribution in [1.82, 2.24) is 0 Å². The molecule has 0 aliphatic rings. The second-order valence-electron chi connectivity index (χ2n) is 2.64. The van der Waals surface area contributed by atoms with Gasteiger partial charge in [-0.3, -0.25) is 10.1 Å². The maximum absolute atomic E-state index is 10.6. The molecule has 1 aromatic carbocycles. The molecule has 13 heavy (non-hydrogen) atoms. The van der Waals surface area contributed by atoms with Gasteiger partial charge in [0.05, 0.1) is 9.95 Å². The van der Waals surface area contributed by atoms with Gasteiger partial charge >= 0.3 is 0 Å². The number of nitrogens with zero attached hydrogens (tertiary/aromatic N) is 1. The highest BCUT2D eigenvalue weighted by Crippen LogP contribution is 2.28. The molecular formula is C8H9ClN2O2. The van der Waals surface area contributed by atoms with Crippen LogP contribution in [0.4, 0.5) is 5.69 Å². The van der Waals surface area contributed by atoms with Gasteiger partial charge in [-0.1, -0.05) is 11.6 Å². The molecule has 0 bridgehead atoms. The van der Waals surface area contributed by atoms with E-state index in [9.17, 15) is 10.1 Å². The predicted octanol–water partition coefficient (Wildman–Crippen LogP) is 2.02. The molecule has 0 saturated carbocycles. The van der Waals surface area contributed by atoms with E-state index >= 15 is 0 Å². The Kier molecular flexibility index (Phi) is 2.85. The van der Waals surface area contributed by atoms with Crippen LogP contribution >= 0.6 is 11.6 Å². The maximum Gasteiger partial charge on any atom is 0.278 e. The van der Waals surface area contributed by atoms with Gasteiger partial charge in [-0.15, -0.1) is 0 Å². The van der Waals surface area contributed by atoms with E-state index < -0.39 is 4.92 Å². The molecule has 5 heteroatoms. The Morgan fingerprint density at radius 3 is 2.69 bits per heavy atom. The van der Waals surface area contributed by atoms with Crippen LogP contribution < -0.4 is 5.73 Å². The Morgan fingerprint density at radius 1 is 1.62 bits per heavy atom. The van der Waals surface area contributed by atoms with Crippen LogP contribution in [0.1, 0.15) is 11.1 Å². The molecule has 1 rings (SSSR count). The predicted molar refractivity (Wildman–Crippen MR) is 50.7 cm³/mol. The number of hydrogen-bond acceptors (Lipinski definition) is 3. The van der Waals surface area contributed by atoms with Gasteiger partial charge in [-0.05, 0) is 19.1 Å². The Hall–Kier alpha value is -1.13. The fourth-order valence-corrected chi connectivity index (χ4v) is 1.30. The Morgan fingerprint density at radius 2 is 2.23 bits per heavy atom. The lowest BCUT2D eigenvalue weighted by Crippen LogP contribution is -2.03. The van der Waals surface area contributed by atoms with E-state index in [0.29, 0.717) is 16.1 Å². The molecule has 2 N–H and O–H groups in total. The molecule has 0 aliphatic carbocycles. The van der Waals surface area contributed by atoms with Gasteiger partial charge in [0.1, 0.15) is 0 Å². The highest BCUT2D eigenvalue weighted by Gasteiger charge is 2.17. The summed E-state index contributed by atoms with van der Waals surface area (Å²) in [4.78, 5) is 10.2. The van der Waals surface area contributed by atoms with Crippen molar-refractivity contribution in [2.75, 3.05) is 0 Å². The lowest BCUT2D eigenvalue weighted by Gasteiger charge is -2.03. The topological polar surface area (TPSA) is 69.2 Å². The van der Waals surface area contributed by atoms with Crippen LogP contribution in [0.3, 0.4) is 0 Å². The second kappa shape index (κ2) is 3.72. The van der Waals surface area contributed by atoms with Crippen molar-refractivity contribution < 1.29 is 4.92 Å². The standard InChI is InChI=1S/C8H9ClN2O2/c1-5-7(9)3-2-6(4-10)8(5)11(12)13/h2-3H,4,10H2,1H3. The van der Waals surface area contributed by atoms with Crippen LogP contribution in [0.2, 0.25) is 5.02 Å². The van der Waals surface area contributed by atoms with Gasteiger partial charge in [-0.25, -0.2) is 0 Å². The number of rotatable bonds is 2. The van der Waals surface area contributed by atoms with Crippen molar-refractivity contribution in [3.63, 3.8) is 0 Å². The van der Waals surface area contributed by atoms with Gasteiger partial charge in [0, 0.05) is 17.7 Å². The first-order valence-electron chi connectivity index (χ1n) is 3.70. The molecule has 0 heterocycles. The molecule has 0 unspecified atom stereocenters. The summed E-state index contributed by atoms with van der Waals surface area (Å²) >= 11 is 5.74. The third kappa shape index (κ3) is 1.79. The SMILES string of the molecule is Cc1c(Cl)ccc(CN)c1[N+](=O)[O-]. The normalized spacial score (nSPS) is 10.1. The quantitative estimate of drug-likeness (QED) is 0.587. The van der Waals surface area contributed by atoms with E-state index in [2.05, 4.69) is 0 Å². The number of nitro benzene ring substituents is 1. The van der Waals surface area contributed by atoms with Crippen molar-refractivity contribution in [1.29, 1.82) is 0 Å². The van der Waals surface area contributed by atoms with Crippen molar-refractivity contribution in [2.24, 2.45) is 5.73 Å². The van der Waals surface area contributed by atoms with Crippen molar-refractivity contribution in [2.45, 2.75) is 13.5 Å². The molecular weight excluding hydrogens is 192 g/mol. The monoisotopic (exact) mass is 200 g/mol. The zero-order chi connectivity index (χ0) is 10.0. The van der Waals surface area contributed by atoms with E-state index in [1.165, 1.54) is 0 Å². The highest BCUT2D eigenvalue weighted by molar-refractivity contribution is 6.31. The van der Waals surface area contributed by atoms with Gasteiger partial charge < -0.3 is 5.73 Å². The Labute approximate surface area is 80.5 Å². The van der Waals surface area contributed by atoms with Crippen LogP contribution in [0.15, 0.2) is 12.1 Å². The van der Waals surface area contributed by atoms with Crippen molar-refractivity contribution in [3.05, 3.63) is 38.4 Å². The summed E-state index contributed by atoms with van der Waals surface area (Å²) in [7, 11) is 0. The Balaban J connectivity index is 3.41. The maximum atomic E-state index is 10.6. The van der Waals surface area contributed by atoms with Crippen LogP contribution in [0.5, 0.6) is 0 Å². The third-order valence-electron chi connectivity index (χ3n) is 1.85. The Bertz CT molecular complexity index is 352. The first-order valence-corrected chi connectivity index (χ1v) is 4.08. The average Bonchev–Trinajstić information content (AvgIpc) is 2.08. The number of nitrogens with two attached hydrogens (primary N) is 1. The van der Waals surface area contributed by atoms with E-state index in [1.54, 1.807) is 19.1 Å². The summed E-state index contributed by atoms with van der Waals surface area (Å²) in [5, 5.41) is 11.0. The fraction of sp³-hybridized carbons (Fsp3) is 0.250. The van der Waals surface area contributed by atoms with E-state index in [-0.39, 0.29) is 12.2 Å². The second-order valence-corrected chi connectivity index (χ2v) is 3.05. The van der Waals surface area contributed by atoms with Gasteiger partial charge in [0.15, 0.2) is 0 Å². The summed E-state index contributed by atoms with van der Waals surface area (Å²) in [5.41, 5.74) is 6.36. The zero-order valence-electron chi connectivity index (χ0n) is 7.08. The zero-order valence-corrected chi connectivity index (χ0v) is 7.84. The summed E-state index contributed by atoms with van der Waals surface area (Å²) in [6, 6.07) is 3.19. The minimum absolute atomic E-state index is 0.0231. The van der Waals surface area contributed by atoms with E-state index in [0.717, 1.165) is 0 Å². The lowest BCUT2D eigenvalue weighted by molar-refractivity contribution is -0.386. The van der Waals surface area contributed by atoms with Gasteiger partial charge in [-0.2, -0.15) is 0 Å². The average molecular weight is 201 g/mol. The summed E-state index contributed by atoms with van der Waals surface area (Å²) in [5.74, 6) is 0. The summed E-state index contributed by atoms with van der Waals surface area (Å²) < 4.78 is 0. The molecule has 70 valence electrons. The molecule has 0 aromatic heterocycles. The molecule has 4 nitrogen and oxygen atoms in total. The molecule has 0 aliphatic heterocycles. The number of halogens is 1. The minimum Gasteiger partial charge on any atom is -0.326 e. The van der Waals surface area contributed by atoms with Crippen LogP contribution in [-0.2, 0) is 6.54 Å². The highest BCUT2D eigenvalue weighted by atomic mass is 35.5. The summed E-state index contributed by atoms with van der Waals surface area (Å²) in [6.45, 7) is 1.76. The smallest absolute Gasteiger partial charge is 0.278 e. The van der Waals surface area contributed by atoms with E-state index in [1.807, 2.05) is 0 Å². The van der Waals surface area contributed by atoms with Gasteiger partial charge in [0.2, 0.25) is 0 Å². The number of hydrogen-bond donors (Lipinski definition) is 1. The molecule has 0 radical (unpaired) electrons. The lowest BCUT2D eigenvalue weighted by atomic mass is 10.1. The van der Waals surface area contributed by atoms with Crippen molar-refractivity contribution >= 4 is 17.3 Å². The molecule has 1 aromatic rings.